The van der Waals surface area contributed by atoms with Crippen LogP contribution in [0.15, 0.2) is 35.9 Å². The monoisotopic (exact) mass is 147 g/mol. The lowest BCUT2D eigenvalue weighted by Gasteiger charge is -1.95. The van der Waals surface area contributed by atoms with Gasteiger partial charge in [0, 0.05) is 6.54 Å². The molecule has 58 valence electrons. The average Bonchev–Trinajstić information content (AvgIpc) is 2.06. The second kappa shape index (κ2) is 3.94. The summed E-state index contributed by atoms with van der Waals surface area (Å²) in [6.07, 6.45) is 2.10. The van der Waals surface area contributed by atoms with Crippen LogP contribution in [0.25, 0.3) is 6.08 Å². The highest BCUT2D eigenvalue weighted by atomic mass is 14.5. The Bertz CT molecular complexity index is 236. The van der Waals surface area contributed by atoms with Crippen molar-refractivity contribution in [3.63, 3.8) is 0 Å². The third-order valence-corrected chi connectivity index (χ3v) is 1.53. The van der Waals surface area contributed by atoms with Gasteiger partial charge >= 0.3 is 0 Å². The van der Waals surface area contributed by atoms with Crippen molar-refractivity contribution in [1.29, 1.82) is 0 Å². The van der Waals surface area contributed by atoms with Gasteiger partial charge in [0.1, 0.15) is 0 Å². The molecule has 1 heteroatoms. The van der Waals surface area contributed by atoms with Crippen LogP contribution in [0, 0.1) is 0 Å². The maximum absolute atomic E-state index is 5.45. The summed E-state index contributed by atoms with van der Waals surface area (Å²) in [6.45, 7) is 2.67. The molecule has 0 fully saturated rings. The van der Waals surface area contributed by atoms with Gasteiger partial charge in [-0.1, -0.05) is 42.0 Å². The van der Waals surface area contributed by atoms with Gasteiger partial charge in [0.25, 0.3) is 0 Å². The number of hydrogen-bond donors (Lipinski definition) is 1. The second-order valence-electron chi connectivity index (χ2n) is 2.61. The molecule has 0 aliphatic carbocycles. The Hall–Kier alpha value is -1.08. The Balaban J connectivity index is 2.79. The molecule has 1 nitrogen and oxygen atoms in total. The molecule has 1 rings (SSSR count). The summed E-state index contributed by atoms with van der Waals surface area (Å²) >= 11 is 0. The maximum atomic E-state index is 5.45. The van der Waals surface area contributed by atoms with Crippen molar-refractivity contribution in [2.45, 2.75) is 6.92 Å². The van der Waals surface area contributed by atoms with Crippen LogP contribution >= 0.6 is 0 Å². The number of rotatable bonds is 2. The second-order valence-corrected chi connectivity index (χ2v) is 2.61. The van der Waals surface area contributed by atoms with Crippen LogP contribution in [-0.4, -0.2) is 6.54 Å². The Morgan fingerprint density at radius 3 is 2.55 bits per heavy atom. The molecule has 0 unspecified atom stereocenters. The molecule has 0 aliphatic rings. The zero-order valence-electron chi connectivity index (χ0n) is 6.75. The first kappa shape index (κ1) is 8.02. The highest BCUT2D eigenvalue weighted by Crippen LogP contribution is 2.04. The molecule has 0 aromatic heterocycles. The van der Waals surface area contributed by atoms with E-state index in [0.717, 1.165) is 0 Å². The van der Waals surface area contributed by atoms with Gasteiger partial charge in [-0.15, -0.1) is 0 Å². The van der Waals surface area contributed by atoms with Crippen LogP contribution in [-0.2, 0) is 0 Å². The minimum atomic E-state index is 0.634. The predicted octanol–water partition coefficient (Wildman–Crippen LogP) is 2.05. The van der Waals surface area contributed by atoms with E-state index in [2.05, 4.69) is 18.2 Å². The minimum absolute atomic E-state index is 0.634. The van der Waals surface area contributed by atoms with Gasteiger partial charge in [0.15, 0.2) is 0 Å². The highest BCUT2D eigenvalue weighted by Gasteiger charge is 1.85. The average molecular weight is 147 g/mol. The molecule has 0 atom stereocenters. The summed E-state index contributed by atoms with van der Waals surface area (Å²) in [6, 6.07) is 10.2. The lowest BCUT2D eigenvalue weighted by Crippen LogP contribution is -1.98. The Kier molecular flexibility index (Phi) is 2.87. The fourth-order valence-corrected chi connectivity index (χ4v) is 0.893. The third kappa shape index (κ3) is 2.56. The molecule has 0 amide bonds. The minimum Gasteiger partial charge on any atom is -0.327 e. The lowest BCUT2D eigenvalue weighted by atomic mass is 10.1. The van der Waals surface area contributed by atoms with E-state index in [-0.39, 0.29) is 0 Å². The Morgan fingerprint density at radius 1 is 1.36 bits per heavy atom. The molecule has 0 radical (unpaired) electrons. The van der Waals surface area contributed by atoms with Crippen molar-refractivity contribution in [1.82, 2.24) is 0 Å². The van der Waals surface area contributed by atoms with Gasteiger partial charge in [-0.25, -0.2) is 0 Å². The van der Waals surface area contributed by atoms with E-state index in [1.165, 1.54) is 11.1 Å². The number of nitrogens with two attached hydrogens (primary N) is 1. The normalized spacial score (nSPS) is 11.6. The quantitative estimate of drug-likeness (QED) is 0.680. The molecule has 2 N–H and O–H groups in total. The molecule has 0 bridgehead atoms. The van der Waals surface area contributed by atoms with Crippen LogP contribution in [0.4, 0.5) is 0 Å². The molecule has 0 aliphatic heterocycles. The van der Waals surface area contributed by atoms with E-state index in [9.17, 15) is 0 Å². The molecule has 0 spiro atoms. The first-order chi connectivity index (χ1) is 5.33. The maximum Gasteiger partial charge on any atom is 0.0137 e. The van der Waals surface area contributed by atoms with E-state index in [4.69, 9.17) is 5.73 Å². The number of benzene rings is 1. The van der Waals surface area contributed by atoms with E-state index < -0.39 is 0 Å². The summed E-state index contributed by atoms with van der Waals surface area (Å²) in [5, 5.41) is 0. The third-order valence-electron chi connectivity index (χ3n) is 1.53. The van der Waals surface area contributed by atoms with Crippen molar-refractivity contribution in [2.75, 3.05) is 6.54 Å². The van der Waals surface area contributed by atoms with Crippen LogP contribution < -0.4 is 5.73 Å². The Labute approximate surface area is 67.5 Å². The largest absolute Gasteiger partial charge is 0.327 e. The zero-order chi connectivity index (χ0) is 8.10. The fraction of sp³-hybridized carbons (Fsp3) is 0.200. The Morgan fingerprint density at radius 2 is 2.00 bits per heavy atom. The summed E-state index contributed by atoms with van der Waals surface area (Å²) in [5.41, 5.74) is 7.87. The van der Waals surface area contributed by atoms with E-state index in [1.54, 1.807) is 0 Å². The first-order valence-electron chi connectivity index (χ1n) is 3.75. The van der Waals surface area contributed by atoms with E-state index in [0.29, 0.717) is 6.54 Å². The topological polar surface area (TPSA) is 26.0 Å². The summed E-state index contributed by atoms with van der Waals surface area (Å²) in [7, 11) is 0. The summed E-state index contributed by atoms with van der Waals surface area (Å²) < 4.78 is 0. The molecule has 0 saturated heterocycles. The van der Waals surface area contributed by atoms with Crippen LogP contribution in [0.3, 0.4) is 0 Å². The SMILES string of the molecule is C/C(=C\c1ccccc1)CN. The van der Waals surface area contributed by atoms with E-state index >= 15 is 0 Å². The van der Waals surface area contributed by atoms with Crippen molar-refractivity contribution < 1.29 is 0 Å². The fourth-order valence-electron chi connectivity index (χ4n) is 0.893. The van der Waals surface area contributed by atoms with Gasteiger partial charge in [0.05, 0.1) is 0 Å². The zero-order valence-corrected chi connectivity index (χ0v) is 6.75. The molecule has 1 aromatic rings. The van der Waals surface area contributed by atoms with Gasteiger partial charge < -0.3 is 5.73 Å². The van der Waals surface area contributed by atoms with Crippen molar-refractivity contribution in [3.8, 4) is 0 Å². The van der Waals surface area contributed by atoms with Gasteiger partial charge in [-0.3, -0.25) is 0 Å². The molecule has 0 heterocycles. The number of hydrogen-bond acceptors (Lipinski definition) is 1. The molecular weight excluding hydrogens is 134 g/mol. The van der Waals surface area contributed by atoms with E-state index in [1.807, 2.05) is 25.1 Å². The standard InChI is InChI=1S/C10H13N/c1-9(8-11)7-10-5-3-2-4-6-10/h2-7H,8,11H2,1H3/b9-7+. The van der Waals surface area contributed by atoms with Crippen LogP contribution in [0.1, 0.15) is 12.5 Å². The van der Waals surface area contributed by atoms with Gasteiger partial charge in [0.2, 0.25) is 0 Å². The molecule has 1 aromatic carbocycles. The van der Waals surface area contributed by atoms with Crippen molar-refractivity contribution in [2.24, 2.45) is 5.73 Å². The van der Waals surface area contributed by atoms with Gasteiger partial charge in [-0.05, 0) is 12.5 Å². The predicted molar refractivity (Wildman–Crippen MR) is 49.1 cm³/mol. The molecule has 0 saturated carbocycles. The first-order valence-corrected chi connectivity index (χ1v) is 3.75. The van der Waals surface area contributed by atoms with Crippen LogP contribution in [0.5, 0.6) is 0 Å². The van der Waals surface area contributed by atoms with Crippen molar-refractivity contribution >= 4 is 6.08 Å². The molecular formula is C10H13N. The van der Waals surface area contributed by atoms with Gasteiger partial charge in [-0.2, -0.15) is 0 Å². The summed E-state index contributed by atoms with van der Waals surface area (Å²) in [4.78, 5) is 0. The smallest absolute Gasteiger partial charge is 0.0137 e. The van der Waals surface area contributed by atoms with Crippen molar-refractivity contribution in [3.05, 3.63) is 41.5 Å². The lowest BCUT2D eigenvalue weighted by molar-refractivity contribution is 1.15. The van der Waals surface area contributed by atoms with Crippen LogP contribution in [0.2, 0.25) is 0 Å². The summed E-state index contributed by atoms with van der Waals surface area (Å²) in [5.74, 6) is 0. The molecule has 11 heavy (non-hydrogen) atoms. The highest BCUT2D eigenvalue weighted by molar-refractivity contribution is 5.52.